The van der Waals surface area contributed by atoms with E-state index in [1.165, 1.54) is 18.4 Å². The van der Waals surface area contributed by atoms with Crippen molar-refractivity contribution in [2.24, 2.45) is 0 Å². The van der Waals surface area contributed by atoms with Gasteiger partial charge in [0.25, 0.3) is 11.5 Å². The van der Waals surface area contributed by atoms with Crippen LogP contribution in [0.5, 0.6) is 0 Å². The van der Waals surface area contributed by atoms with Gasteiger partial charge in [0.1, 0.15) is 0 Å². The number of nitrogens with zero attached hydrogens (tertiary/aromatic N) is 1. The van der Waals surface area contributed by atoms with Crippen LogP contribution < -0.4 is 10.9 Å². The minimum Gasteiger partial charge on any atom is -0.350 e. The van der Waals surface area contributed by atoms with Crippen LogP contribution in [0.4, 0.5) is 0 Å². The van der Waals surface area contributed by atoms with Crippen molar-refractivity contribution in [3.8, 4) is 0 Å². The second-order valence-electron chi connectivity index (χ2n) is 7.29. The van der Waals surface area contributed by atoms with E-state index in [9.17, 15) is 9.59 Å². The Hall–Kier alpha value is -2.21. The number of fused-ring (bicyclic) bond motifs is 1. The van der Waals surface area contributed by atoms with Crippen LogP contribution in [0.1, 0.15) is 62.7 Å². The van der Waals surface area contributed by atoms with Crippen molar-refractivity contribution >= 4 is 29.0 Å². The maximum Gasteiger partial charge on any atom is 0.262 e. The van der Waals surface area contributed by atoms with Crippen molar-refractivity contribution < 1.29 is 4.79 Å². The SMILES string of the molecule is CC[C@@H](C)NC(=O)c1ccc2c(=O)n(CCC3=CCCCC3)c(=S)[nH]c2c1. The number of allylic oxidation sites excluding steroid dienone is 2. The highest BCUT2D eigenvalue weighted by Crippen LogP contribution is 2.20. The number of carbonyl (C=O) groups excluding carboxylic acids is 1. The Kier molecular flexibility index (Phi) is 6.26. The smallest absolute Gasteiger partial charge is 0.262 e. The highest BCUT2D eigenvalue weighted by molar-refractivity contribution is 7.71. The standard InChI is InChI=1S/C21H27N3O2S/c1-3-14(2)22-19(25)16-9-10-17-18(13-16)23-21(27)24(20(17)26)12-11-15-7-5-4-6-8-15/h7,9-10,13-14H,3-6,8,11-12H2,1-2H3,(H,22,25)(H,23,27)/t14-/m1/s1. The second-order valence-corrected chi connectivity index (χ2v) is 7.67. The summed E-state index contributed by atoms with van der Waals surface area (Å²) in [4.78, 5) is 28.3. The first-order chi connectivity index (χ1) is 13.0. The molecule has 3 rings (SSSR count). The molecular formula is C21H27N3O2S. The Bertz CT molecular complexity index is 987. The fraction of sp³-hybridized carbons (Fsp3) is 0.476. The largest absolute Gasteiger partial charge is 0.350 e. The molecule has 0 spiro atoms. The lowest BCUT2D eigenvalue weighted by atomic mass is 9.97. The minimum absolute atomic E-state index is 0.0981. The number of H-pyrrole nitrogens is 1. The van der Waals surface area contributed by atoms with Gasteiger partial charge >= 0.3 is 0 Å². The molecule has 0 aliphatic heterocycles. The number of benzene rings is 1. The summed E-state index contributed by atoms with van der Waals surface area (Å²) in [6.07, 6.45) is 8.76. The molecule has 0 unspecified atom stereocenters. The number of hydrogen-bond acceptors (Lipinski definition) is 3. The molecule has 1 heterocycles. The Morgan fingerprint density at radius 3 is 2.89 bits per heavy atom. The molecule has 2 N–H and O–H groups in total. The van der Waals surface area contributed by atoms with E-state index in [4.69, 9.17) is 12.2 Å². The van der Waals surface area contributed by atoms with Crippen molar-refractivity contribution in [3.05, 3.63) is 50.5 Å². The average molecular weight is 386 g/mol. The number of nitrogens with one attached hydrogen (secondary N) is 2. The monoisotopic (exact) mass is 385 g/mol. The molecule has 0 saturated heterocycles. The molecule has 27 heavy (non-hydrogen) atoms. The van der Waals surface area contributed by atoms with Crippen molar-refractivity contribution in [2.75, 3.05) is 0 Å². The molecule has 0 bridgehead atoms. The number of rotatable bonds is 6. The molecule has 1 aromatic heterocycles. The molecular weight excluding hydrogens is 358 g/mol. The van der Waals surface area contributed by atoms with Gasteiger partial charge < -0.3 is 10.3 Å². The fourth-order valence-electron chi connectivity index (χ4n) is 3.40. The van der Waals surface area contributed by atoms with Gasteiger partial charge in [-0.1, -0.05) is 18.6 Å². The number of aromatic amines is 1. The first-order valence-corrected chi connectivity index (χ1v) is 10.2. The predicted molar refractivity (Wildman–Crippen MR) is 112 cm³/mol. The van der Waals surface area contributed by atoms with E-state index in [1.807, 2.05) is 13.8 Å². The molecule has 0 radical (unpaired) electrons. The Balaban J connectivity index is 1.87. The highest BCUT2D eigenvalue weighted by Gasteiger charge is 2.12. The molecule has 2 aromatic rings. The van der Waals surface area contributed by atoms with Gasteiger partial charge in [-0.25, -0.2) is 0 Å². The lowest BCUT2D eigenvalue weighted by Gasteiger charge is -2.14. The van der Waals surface area contributed by atoms with Crippen LogP contribution in [0.2, 0.25) is 0 Å². The van der Waals surface area contributed by atoms with E-state index in [1.54, 1.807) is 22.8 Å². The summed E-state index contributed by atoms with van der Waals surface area (Å²) in [6.45, 7) is 4.58. The third-order valence-electron chi connectivity index (χ3n) is 5.28. The predicted octanol–water partition coefficient (Wildman–Crippen LogP) is 4.48. The van der Waals surface area contributed by atoms with Gasteiger partial charge in [-0.15, -0.1) is 0 Å². The average Bonchev–Trinajstić information content (AvgIpc) is 2.68. The Labute approximate surface area is 164 Å². The van der Waals surface area contributed by atoms with Crippen molar-refractivity contribution in [3.63, 3.8) is 0 Å². The van der Waals surface area contributed by atoms with Gasteiger partial charge in [0, 0.05) is 18.2 Å². The van der Waals surface area contributed by atoms with Gasteiger partial charge in [0.2, 0.25) is 0 Å². The van der Waals surface area contributed by atoms with Crippen LogP contribution in [0.15, 0.2) is 34.6 Å². The molecule has 0 fully saturated rings. The molecule has 144 valence electrons. The first kappa shape index (κ1) is 19.5. The van der Waals surface area contributed by atoms with Gasteiger partial charge in [0.05, 0.1) is 10.9 Å². The molecule has 1 aliphatic rings. The van der Waals surface area contributed by atoms with E-state index in [2.05, 4.69) is 16.4 Å². The lowest BCUT2D eigenvalue weighted by Crippen LogP contribution is -2.32. The van der Waals surface area contributed by atoms with Crippen molar-refractivity contribution in [2.45, 2.75) is 65.0 Å². The second kappa shape index (κ2) is 8.65. The van der Waals surface area contributed by atoms with E-state index in [0.29, 0.717) is 27.8 Å². The molecule has 1 amide bonds. The topological polar surface area (TPSA) is 66.9 Å². The lowest BCUT2D eigenvalue weighted by molar-refractivity contribution is 0.0939. The summed E-state index contributed by atoms with van der Waals surface area (Å²) in [5, 5.41) is 3.50. The fourth-order valence-corrected chi connectivity index (χ4v) is 3.68. The summed E-state index contributed by atoms with van der Waals surface area (Å²) >= 11 is 5.42. The van der Waals surface area contributed by atoms with Crippen LogP contribution in [0.3, 0.4) is 0 Å². The zero-order valence-electron chi connectivity index (χ0n) is 16.0. The van der Waals surface area contributed by atoms with E-state index >= 15 is 0 Å². The Morgan fingerprint density at radius 1 is 1.37 bits per heavy atom. The normalized spacial score (nSPS) is 15.4. The number of carbonyl (C=O) groups is 1. The van der Waals surface area contributed by atoms with Crippen LogP contribution in [-0.4, -0.2) is 21.5 Å². The summed E-state index contributed by atoms with van der Waals surface area (Å²) in [7, 11) is 0. The number of aromatic nitrogens is 2. The Morgan fingerprint density at radius 2 is 2.19 bits per heavy atom. The van der Waals surface area contributed by atoms with E-state index < -0.39 is 0 Å². The summed E-state index contributed by atoms with van der Waals surface area (Å²) < 4.78 is 2.04. The third-order valence-corrected chi connectivity index (χ3v) is 5.60. The summed E-state index contributed by atoms with van der Waals surface area (Å²) in [5.74, 6) is -0.140. The number of amides is 1. The molecule has 5 nitrogen and oxygen atoms in total. The third kappa shape index (κ3) is 4.56. The van der Waals surface area contributed by atoms with Crippen molar-refractivity contribution in [1.29, 1.82) is 0 Å². The first-order valence-electron chi connectivity index (χ1n) is 9.75. The maximum atomic E-state index is 12.9. The van der Waals surface area contributed by atoms with Gasteiger partial charge in [-0.3, -0.25) is 14.2 Å². The van der Waals surface area contributed by atoms with Gasteiger partial charge in [-0.2, -0.15) is 0 Å². The zero-order valence-corrected chi connectivity index (χ0v) is 16.8. The molecule has 1 aliphatic carbocycles. The van der Waals surface area contributed by atoms with Crippen LogP contribution in [-0.2, 0) is 6.54 Å². The van der Waals surface area contributed by atoms with E-state index in [-0.39, 0.29) is 17.5 Å². The van der Waals surface area contributed by atoms with E-state index in [0.717, 1.165) is 25.7 Å². The number of hydrogen-bond donors (Lipinski definition) is 2. The van der Waals surface area contributed by atoms with Crippen LogP contribution in [0.25, 0.3) is 10.9 Å². The molecule has 6 heteroatoms. The minimum atomic E-state index is -0.140. The van der Waals surface area contributed by atoms with Crippen LogP contribution in [0, 0.1) is 4.77 Å². The summed E-state index contributed by atoms with van der Waals surface area (Å²) in [6, 6.07) is 5.23. The molecule has 0 saturated carbocycles. The summed E-state index contributed by atoms with van der Waals surface area (Å²) in [5.41, 5.74) is 2.45. The molecule has 1 aromatic carbocycles. The van der Waals surface area contributed by atoms with Gasteiger partial charge in [-0.05, 0) is 75.9 Å². The molecule has 1 atom stereocenters. The van der Waals surface area contributed by atoms with Gasteiger partial charge in [0.15, 0.2) is 4.77 Å². The van der Waals surface area contributed by atoms with Crippen LogP contribution >= 0.6 is 12.2 Å². The van der Waals surface area contributed by atoms with Crippen molar-refractivity contribution in [1.82, 2.24) is 14.9 Å². The highest BCUT2D eigenvalue weighted by atomic mass is 32.1. The quantitative estimate of drug-likeness (QED) is 0.569. The maximum absolute atomic E-state index is 12.9. The zero-order chi connectivity index (χ0) is 19.4.